The molecule has 20 heavy (non-hydrogen) atoms. The number of nitrogens with zero attached hydrogens (tertiary/aromatic N) is 1. The van der Waals surface area contributed by atoms with E-state index in [0.29, 0.717) is 4.47 Å². The predicted octanol–water partition coefficient (Wildman–Crippen LogP) is 1.87. The van der Waals surface area contributed by atoms with Gasteiger partial charge in [0.25, 0.3) is 0 Å². The zero-order valence-electron chi connectivity index (χ0n) is 10.8. The highest BCUT2D eigenvalue weighted by Gasteiger charge is 2.34. The number of morpholine rings is 1. The maximum absolute atomic E-state index is 12.6. The third kappa shape index (κ3) is 3.35. The van der Waals surface area contributed by atoms with Gasteiger partial charge in [-0.15, -0.1) is 0 Å². The first kappa shape index (κ1) is 16.2. The maximum Gasteiger partial charge on any atom is 0.244 e. The highest BCUT2D eigenvalue weighted by Crippen LogP contribution is 2.29. The second-order valence-electron chi connectivity index (χ2n) is 4.65. The van der Waals surface area contributed by atoms with E-state index in [2.05, 4.69) is 15.9 Å². The van der Waals surface area contributed by atoms with Crippen LogP contribution in [0.25, 0.3) is 0 Å². The molecule has 0 amide bonds. The van der Waals surface area contributed by atoms with Crippen molar-refractivity contribution in [3.05, 3.63) is 27.7 Å². The Morgan fingerprint density at radius 3 is 2.80 bits per heavy atom. The van der Waals surface area contributed by atoms with Crippen LogP contribution in [0.2, 0.25) is 5.02 Å². The SMILES string of the molecule is CC1CN(S(=O)(=O)c2ccc(Br)cc2Cl)CC(CO)O1. The average molecular weight is 385 g/mol. The molecule has 0 bridgehead atoms. The molecule has 1 aliphatic heterocycles. The third-order valence-electron chi connectivity index (χ3n) is 3.01. The molecule has 1 aliphatic rings. The summed E-state index contributed by atoms with van der Waals surface area (Å²) in [5.74, 6) is 0. The van der Waals surface area contributed by atoms with Gasteiger partial charge in [-0.2, -0.15) is 4.31 Å². The van der Waals surface area contributed by atoms with Crippen LogP contribution in [0.15, 0.2) is 27.6 Å². The Balaban J connectivity index is 2.34. The Hall–Kier alpha value is -0.180. The van der Waals surface area contributed by atoms with Crippen LogP contribution in [0.3, 0.4) is 0 Å². The number of aliphatic hydroxyl groups excluding tert-OH is 1. The molecule has 1 fully saturated rings. The van der Waals surface area contributed by atoms with E-state index in [0.717, 1.165) is 0 Å². The Labute approximate surface area is 131 Å². The summed E-state index contributed by atoms with van der Waals surface area (Å²) in [6.45, 7) is 1.92. The summed E-state index contributed by atoms with van der Waals surface area (Å²) >= 11 is 9.27. The second-order valence-corrected chi connectivity index (χ2v) is 7.88. The number of ether oxygens (including phenoxy) is 1. The Morgan fingerprint density at radius 1 is 1.50 bits per heavy atom. The van der Waals surface area contributed by atoms with E-state index in [1.54, 1.807) is 19.1 Å². The molecular weight excluding hydrogens is 370 g/mol. The van der Waals surface area contributed by atoms with Gasteiger partial charge in [0.05, 0.1) is 23.8 Å². The number of halogens is 2. The van der Waals surface area contributed by atoms with Crippen LogP contribution in [-0.4, -0.2) is 49.7 Å². The molecule has 0 saturated carbocycles. The van der Waals surface area contributed by atoms with Crippen molar-refractivity contribution in [1.29, 1.82) is 0 Å². The average Bonchev–Trinajstić information content (AvgIpc) is 2.37. The van der Waals surface area contributed by atoms with E-state index < -0.39 is 16.1 Å². The van der Waals surface area contributed by atoms with Crippen molar-refractivity contribution in [3.8, 4) is 0 Å². The molecule has 1 aromatic carbocycles. The first-order valence-electron chi connectivity index (χ1n) is 6.06. The largest absolute Gasteiger partial charge is 0.394 e. The van der Waals surface area contributed by atoms with Crippen LogP contribution in [0.1, 0.15) is 6.92 Å². The van der Waals surface area contributed by atoms with Crippen LogP contribution in [0, 0.1) is 0 Å². The maximum atomic E-state index is 12.6. The minimum atomic E-state index is -3.70. The van der Waals surface area contributed by atoms with Crippen LogP contribution >= 0.6 is 27.5 Å². The van der Waals surface area contributed by atoms with Crippen molar-refractivity contribution in [3.63, 3.8) is 0 Å². The third-order valence-corrected chi connectivity index (χ3v) is 5.82. The molecule has 112 valence electrons. The van der Waals surface area contributed by atoms with Crippen molar-refractivity contribution < 1.29 is 18.3 Å². The van der Waals surface area contributed by atoms with Crippen molar-refractivity contribution in [2.75, 3.05) is 19.7 Å². The molecule has 1 saturated heterocycles. The van der Waals surface area contributed by atoms with Gasteiger partial charge < -0.3 is 9.84 Å². The lowest BCUT2D eigenvalue weighted by Crippen LogP contribution is -2.50. The summed E-state index contributed by atoms with van der Waals surface area (Å²) in [5.41, 5.74) is 0. The Bertz CT molecular complexity index is 595. The van der Waals surface area contributed by atoms with Crippen LogP contribution < -0.4 is 0 Å². The number of sulfonamides is 1. The second kappa shape index (κ2) is 6.29. The zero-order valence-corrected chi connectivity index (χ0v) is 13.9. The van der Waals surface area contributed by atoms with Gasteiger partial charge in [-0.1, -0.05) is 27.5 Å². The summed E-state index contributed by atoms with van der Waals surface area (Å²) in [7, 11) is -3.70. The molecule has 2 atom stereocenters. The molecule has 0 radical (unpaired) electrons. The lowest BCUT2D eigenvalue weighted by Gasteiger charge is -2.35. The molecule has 0 aromatic heterocycles. The van der Waals surface area contributed by atoms with Crippen molar-refractivity contribution in [2.24, 2.45) is 0 Å². The molecule has 1 N–H and O–H groups in total. The molecule has 1 aromatic rings. The van der Waals surface area contributed by atoms with E-state index in [1.807, 2.05) is 0 Å². The van der Waals surface area contributed by atoms with E-state index in [9.17, 15) is 13.5 Å². The molecule has 0 aliphatic carbocycles. The topological polar surface area (TPSA) is 66.8 Å². The minimum Gasteiger partial charge on any atom is -0.394 e. The van der Waals surface area contributed by atoms with Crippen molar-refractivity contribution in [1.82, 2.24) is 4.31 Å². The fraction of sp³-hybridized carbons (Fsp3) is 0.500. The van der Waals surface area contributed by atoms with E-state index in [4.69, 9.17) is 16.3 Å². The number of benzene rings is 1. The first-order valence-corrected chi connectivity index (χ1v) is 8.67. The van der Waals surface area contributed by atoms with Gasteiger partial charge in [0.2, 0.25) is 10.0 Å². The smallest absolute Gasteiger partial charge is 0.244 e. The molecule has 2 unspecified atom stereocenters. The van der Waals surface area contributed by atoms with Gasteiger partial charge in [0.15, 0.2) is 0 Å². The zero-order chi connectivity index (χ0) is 14.9. The minimum absolute atomic E-state index is 0.0631. The van der Waals surface area contributed by atoms with E-state index >= 15 is 0 Å². The molecular formula is C12H15BrClNO4S. The number of hydrogen-bond acceptors (Lipinski definition) is 4. The molecule has 8 heteroatoms. The summed E-state index contributed by atoms with van der Waals surface area (Å²) in [5, 5.41) is 9.34. The van der Waals surface area contributed by atoms with Crippen molar-refractivity contribution >= 4 is 37.6 Å². The first-order chi connectivity index (χ1) is 9.34. The van der Waals surface area contributed by atoms with Gasteiger partial charge >= 0.3 is 0 Å². The Morgan fingerprint density at radius 2 is 2.20 bits per heavy atom. The summed E-state index contributed by atoms with van der Waals surface area (Å²) in [6, 6.07) is 4.64. The highest BCUT2D eigenvalue weighted by atomic mass is 79.9. The lowest BCUT2D eigenvalue weighted by molar-refractivity contribution is -0.0750. The Kier molecular flexibility index (Phi) is 5.09. The molecule has 1 heterocycles. The van der Waals surface area contributed by atoms with Gasteiger partial charge in [-0.25, -0.2) is 8.42 Å². The van der Waals surface area contributed by atoms with Crippen LogP contribution in [0.4, 0.5) is 0 Å². The standard InChI is InChI=1S/C12H15BrClNO4S/c1-8-5-15(6-10(7-16)19-8)20(17,18)12-3-2-9(13)4-11(12)14/h2-4,8,10,16H,5-7H2,1H3. The van der Waals surface area contributed by atoms with E-state index in [1.165, 1.54) is 10.4 Å². The van der Waals surface area contributed by atoms with Crippen LogP contribution in [0.5, 0.6) is 0 Å². The van der Waals surface area contributed by atoms with Gasteiger partial charge in [0.1, 0.15) is 4.90 Å². The van der Waals surface area contributed by atoms with Gasteiger partial charge in [0, 0.05) is 17.6 Å². The number of hydrogen-bond donors (Lipinski definition) is 1. The number of rotatable bonds is 3. The van der Waals surface area contributed by atoms with Crippen molar-refractivity contribution in [2.45, 2.75) is 24.0 Å². The summed E-state index contributed by atoms with van der Waals surface area (Å²) in [6.07, 6.45) is -0.785. The fourth-order valence-electron chi connectivity index (χ4n) is 2.12. The monoisotopic (exact) mass is 383 g/mol. The lowest BCUT2D eigenvalue weighted by atomic mass is 10.2. The molecule has 0 spiro atoms. The summed E-state index contributed by atoms with van der Waals surface area (Å²) < 4.78 is 32.7. The highest BCUT2D eigenvalue weighted by molar-refractivity contribution is 9.10. The van der Waals surface area contributed by atoms with Crippen LogP contribution in [-0.2, 0) is 14.8 Å². The van der Waals surface area contributed by atoms with E-state index in [-0.39, 0.29) is 35.7 Å². The quantitative estimate of drug-likeness (QED) is 0.864. The van der Waals surface area contributed by atoms with Gasteiger partial charge in [-0.3, -0.25) is 0 Å². The van der Waals surface area contributed by atoms with Gasteiger partial charge in [-0.05, 0) is 25.1 Å². The summed E-state index contributed by atoms with van der Waals surface area (Å²) in [4.78, 5) is 0.0631. The fourth-order valence-corrected chi connectivity index (χ4v) is 4.68. The normalized spacial score (nSPS) is 24.8. The predicted molar refractivity (Wildman–Crippen MR) is 79.3 cm³/mol. The molecule has 2 rings (SSSR count). The molecule has 5 nitrogen and oxygen atoms in total. The number of aliphatic hydroxyl groups is 1.